The Hall–Kier alpha value is -2.17. The maximum absolute atomic E-state index is 13.0. The molecule has 0 aromatic heterocycles. The molecule has 2 N–H and O–H groups in total. The first-order valence-corrected chi connectivity index (χ1v) is 5.37. The summed E-state index contributed by atoms with van der Waals surface area (Å²) in [4.78, 5) is 11.0. The number of halogens is 2. The fourth-order valence-corrected chi connectivity index (χ4v) is 1.80. The van der Waals surface area contributed by atoms with Crippen molar-refractivity contribution in [2.75, 3.05) is 0 Å². The molecule has 1 atom stereocenters. The highest BCUT2D eigenvalue weighted by Crippen LogP contribution is 2.18. The normalized spacial score (nSPS) is 18.7. The van der Waals surface area contributed by atoms with Crippen LogP contribution in [-0.4, -0.2) is 17.1 Å². The smallest absolute Gasteiger partial charge is 0.333 e. The number of allylic oxidation sites excluding steroid dienone is 2. The van der Waals surface area contributed by atoms with E-state index in [1.54, 1.807) is 12.1 Å². The summed E-state index contributed by atoms with van der Waals surface area (Å²) < 4.78 is 25.7. The zero-order chi connectivity index (χ0) is 13.1. The molecule has 94 valence electrons. The lowest BCUT2D eigenvalue weighted by Crippen LogP contribution is -2.34. The van der Waals surface area contributed by atoms with Gasteiger partial charge in [0.1, 0.15) is 11.6 Å². The fourth-order valence-electron chi connectivity index (χ4n) is 1.80. The van der Waals surface area contributed by atoms with E-state index < -0.39 is 17.8 Å². The quantitative estimate of drug-likeness (QED) is 0.865. The molecule has 0 aliphatic carbocycles. The number of nitrogens with one attached hydrogen (secondary N) is 1. The second kappa shape index (κ2) is 5.00. The number of hydrogen-bond donors (Lipinski definition) is 2. The SMILES string of the molecule is O=C(O)C1=CC(F)=CNC1Cc1ccc(F)cc1. The molecule has 0 saturated carbocycles. The van der Waals surface area contributed by atoms with E-state index in [1.165, 1.54) is 12.1 Å². The Labute approximate surface area is 102 Å². The summed E-state index contributed by atoms with van der Waals surface area (Å²) in [6.07, 6.45) is 2.47. The number of carboxylic acids is 1. The summed E-state index contributed by atoms with van der Waals surface area (Å²) in [6, 6.07) is 5.24. The van der Waals surface area contributed by atoms with Crippen molar-refractivity contribution >= 4 is 5.97 Å². The van der Waals surface area contributed by atoms with Crippen LogP contribution in [0.5, 0.6) is 0 Å². The average Bonchev–Trinajstić information content (AvgIpc) is 2.34. The first-order valence-electron chi connectivity index (χ1n) is 5.37. The summed E-state index contributed by atoms with van der Waals surface area (Å²) in [6.45, 7) is 0. The number of dihydropyridines is 1. The molecule has 0 saturated heterocycles. The van der Waals surface area contributed by atoms with Crippen molar-refractivity contribution in [2.45, 2.75) is 12.5 Å². The first kappa shape index (κ1) is 12.3. The van der Waals surface area contributed by atoms with Crippen molar-refractivity contribution in [3.8, 4) is 0 Å². The second-order valence-electron chi connectivity index (χ2n) is 3.98. The summed E-state index contributed by atoms with van der Waals surface area (Å²) in [7, 11) is 0. The maximum Gasteiger partial charge on any atom is 0.333 e. The van der Waals surface area contributed by atoms with Crippen LogP contribution in [0.3, 0.4) is 0 Å². The molecule has 0 radical (unpaired) electrons. The van der Waals surface area contributed by atoms with Crippen LogP contribution >= 0.6 is 0 Å². The van der Waals surface area contributed by atoms with Crippen molar-refractivity contribution in [3.05, 3.63) is 59.3 Å². The minimum atomic E-state index is -1.17. The van der Waals surface area contributed by atoms with Crippen molar-refractivity contribution < 1.29 is 18.7 Å². The van der Waals surface area contributed by atoms with Crippen LogP contribution in [-0.2, 0) is 11.2 Å². The predicted octanol–water partition coefficient (Wildman–Crippen LogP) is 2.16. The van der Waals surface area contributed by atoms with E-state index in [0.29, 0.717) is 6.42 Å². The third-order valence-electron chi connectivity index (χ3n) is 2.69. The molecule has 0 spiro atoms. The Morgan fingerprint density at radius 2 is 1.94 bits per heavy atom. The summed E-state index contributed by atoms with van der Waals surface area (Å²) in [5.41, 5.74) is 0.732. The molecular formula is C13H11F2NO2. The summed E-state index contributed by atoms with van der Waals surface area (Å²) in [5.74, 6) is -2.14. The molecule has 0 bridgehead atoms. The predicted molar refractivity (Wildman–Crippen MR) is 61.9 cm³/mol. The van der Waals surface area contributed by atoms with Crippen LogP contribution in [0.25, 0.3) is 0 Å². The highest BCUT2D eigenvalue weighted by molar-refractivity contribution is 5.89. The van der Waals surface area contributed by atoms with Crippen molar-refractivity contribution in [1.29, 1.82) is 0 Å². The van der Waals surface area contributed by atoms with Crippen molar-refractivity contribution in [2.24, 2.45) is 0 Å². The van der Waals surface area contributed by atoms with E-state index in [0.717, 1.165) is 17.8 Å². The van der Waals surface area contributed by atoms with Gasteiger partial charge < -0.3 is 10.4 Å². The molecule has 1 aliphatic rings. The molecular weight excluding hydrogens is 240 g/mol. The van der Waals surface area contributed by atoms with Gasteiger partial charge in [-0.05, 0) is 30.2 Å². The van der Waals surface area contributed by atoms with Gasteiger partial charge in [-0.15, -0.1) is 0 Å². The second-order valence-corrected chi connectivity index (χ2v) is 3.98. The molecule has 0 fully saturated rings. The molecule has 3 nitrogen and oxygen atoms in total. The molecule has 1 aromatic rings. The Balaban J connectivity index is 2.16. The van der Waals surface area contributed by atoms with E-state index in [-0.39, 0.29) is 11.4 Å². The number of carboxylic acid groups (broad SMARTS) is 1. The minimum Gasteiger partial charge on any atom is -0.478 e. The lowest BCUT2D eigenvalue weighted by molar-refractivity contribution is -0.133. The molecule has 0 amide bonds. The van der Waals surface area contributed by atoms with Crippen LogP contribution in [0.2, 0.25) is 0 Å². The number of rotatable bonds is 3. The number of carbonyl (C=O) groups is 1. The van der Waals surface area contributed by atoms with Crippen molar-refractivity contribution in [1.82, 2.24) is 5.32 Å². The molecule has 2 rings (SSSR count). The lowest BCUT2D eigenvalue weighted by Gasteiger charge is -2.21. The molecule has 1 unspecified atom stereocenters. The molecule has 5 heteroatoms. The van der Waals surface area contributed by atoms with Crippen LogP contribution in [0.1, 0.15) is 5.56 Å². The standard InChI is InChI=1S/C13H11F2NO2/c14-9-3-1-8(2-4-9)5-12-11(13(17)18)6-10(15)7-16-12/h1-4,6-7,12,16H,5H2,(H,17,18). The highest BCUT2D eigenvalue weighted by Gasteiger charge is 2.23. The van der Waals surface area contributed by atoms with Gasteiger partial charge >= 0.3 is 5.97 Å². The van der Waals surface area contributed by atoms with Crippen LogP contribution in [0.15, 0.2) is 47.9 Å². The summed E-state index contributed by atoms with van der Waals surface area (Å²) in [5, 5.41) is 11.7. The minimum absolute atomic E-state index is 0.0423. The molecule has 1 aromatic carbocycles. The topological polar surface area (TPSA) is 49.3 Å². The van der Waals surface area contributed by atoms with Gasteiger partial charge in [0.15, 0.2) is 0 Å². The third kappa shape index (κ3) is 2.74. The van der Waals surface area contributed by atoms with E-state index in [2.05, 4.69) is 5.32 Å². The Bertz CT molecular complexity index is 520. The van der Waals surface area contributed by atoms with E-state index in [4.69, 9.17) is 5.11 Å². The Morgan fingerprint density at radius 3 is 2.56 bits per heavy atom. The van der Waals surface area contributed by atoms with Gasteiger partial charge in [0, 0.05) is 6.20 Å². The van der Waals surface area contributed by atoms with E-state index >= 15 is 0 Å². The highest BCUT2D eigenvalue weighted by atomic mass is 19.1. The van der Waals surface area contributed by atoms with Gasteiger partial charge in [-0.2, -0.15) is 0 Å². The van der Waals surface area contributed by atoms with Crippen LogP contribution in [0.4, 0.5) is 8.78 Å². The maximum atomic E-state index is 13.0. The van der Waals surface area contributed by atoms with Gasteiger partial charge in [-0.3, -0.25) is 0 Å². The fraction of sp³-hybridized carbons (Fsp3) is 0.154. The monoisotopic (exact) mass is 251 g/mol. The van der Waals surface area contributed by atoms with Gasteiger partial charge in [0.05, 0.1) is 11.6 Å². The molecule has 1 heterocycles. The molecule has 1 aliphatic heterocycles. The Kier molecular flexibility index (Phi) is 3.41. The van der Waals surface area contributed by atoms with E-state index in [9.17, 15) is 13.6 Å². The van der Waals surface area contributed by atoms with E-state index in [1.807, 2.05) is 0 Å². The Morgan fingerprint density at radius 1 is 1.28 bits per heavy atom. The van der Waals surface area contributed by atoms with Crippen LogP contribution < -0.4 is 5.32 Å². The third-order valence-corrected chi connectivity index (χ3v) is 2.69. The average molecular weight is 251 g/mol. The zero-order valence-electron chi connectivity index (χ0n) is 9.36. The lowest BCUT2D eigenvalue weighted by atomic mass is 9.97. The van der Waals surface area contributed by atoms with Gasteiger partial charge in [-0.25, -0.2) is 13.6 Å². The van der Waals surface area contributed by atoms with Gasteiger partial charge in [-0.1, -0.05) is 12.1 Å². The van der Waals surface area contributed by atoms with Crippen molar-refractivity contribution in [3.63, 3.8) is 0 Å². The molecule has 18 heavy (non-hydrogen) atoms. The van der Waals surface area contributed by atoms with Crippen LogP contribution in [0, 0.1) is 5.82 Å². The zero-order valence-corrected chi connectivity index (χ0v) is 9.36. The van der Waals surface area contributed by atoms with Gasteiger partial charge in [0.2, 0.25) is 0 Å². The number of benzene rings is 1. The van der Waals surface area contributed by atoms with Gasteiger partial charge in [0.25, 0.3) is 0 Å². The largest absolute Gasteiger partial charge is 0.478 e. The summed E-state index contributed by atoms with van der Waals surface area (Å²) >= 11 is 0. The first-order chi connectivity index (χ1) is 8.56. The number of hydrogen-bond acceptors (Lipinski definition) is 2. The number of aliphatic carboxylic acids is 1.